The Morgan fingerprint density at radius 1 is 0.963 bits per heavy atom. The van der Waals surface area contributed by atoms with Gasteiger partial charge in [0.2, 0.25) is 0 Å². The molecule has 9 heteroatoms. The highest BCUT2D eigenvalue weighted by atomic mass is 19.4. The summed E-state index contributed by atoms with van der Waals surface area (Å²) >= 11 is 0. The van der Waals surface area contributed by atoms with Crippen LogP contribution in [0.2, 0.25) is 0 Å². The summed E-state index contributed by atoms with van der Waals surface area (Å²) in [7, 11) is 0. The highest BCUT2D eigenvalue weighted by Gasteiger charge is 2.41. The monoisotopic (exact) mass is 392 g/mol. The molecular weight excluding hydrogens is 378 g/mol. The van der Waals surface area contributed by atoms with Gasteiger partial charge in [-0.3, -0.25) is 0 Å². The van der Waals surface area contributed by atoms with Gasteiger partial charge in [-0.15, -0.1) is 0 Å². The summed E-state index contributed by atoms with van der Waals surface area (Å²) in [5, 5.41) is 0. The van der Waals surface area contributed by atoms with Crippen LogP contribution in [0.4, 0.5) is 26.3 Å². The lowest BCUT2D eigenvalue weighted by atomic mass is 10.0. The van der Waals surface area contributed by atoms with E-state index in [4.69, 9.17) is 4.74 Å². The van der Waals surface area contributed by atoms with E-state index < -0.39 is 40.8 Å². The first-order valence-electron chi connectivity index (χ1n) is 7.70. The Bertz CT molecular complexity index is 797. The zero-order valence-electron chi connectivity index (χ0n) is 13.9. The van der Waals surface area contributed by atoms with Gasteiger partial charge in [0.05, 0.1) is 17.7 Å². The Morgan fingerprint density at radius 2 is 1.59 bits per heavy atom. The molecule has 3 nitrogen and oxygen atoms in total. The van der Waals surface area contributed by atoms with Crippen molar-refractivity contribution in [3.8, 4) is 5.75 Å². The summed E-state index contributed by atoms with van der Waals surface area (Å²) < 4.78 is 88.9. The average Bonchev–Trinajstić information content (AvgIpc) is 2.58. The van der Waals surface area contributed by atoms with E-state index in [0.717, 1.165) is 0 Å². The van der Waals surface area contributed by atoms with Crippen LogP contribution >= 0.6 is 0 Å². The molecule has 146 valence electrons. The van der Waals surface area contributed by atoms with Crippen molar-refractivity contribution >= 4 is 5.97 Å². The number of rotatable bonds is 5. The molecule has 0 atom stereocenters. The summed E-state index contributed by atoms with van der Waals surface area (Å²) in [5.41, 5.74) is -3.78. The standard InChI is InChI=1S/C18H14F6O3/c1-2-26-16(25)13-8-12(17(19,20)21)9-14(18(22,23)24)15(13)27-10-11-6-4-3-5-7-11/h3-9H,2,10H2,1H3. The third-order valence-electron chi connectivity index (χ3n) is 3.44. The normalized spacial score (nSPS) is 12.0. The van der Waals surface area contributed by atoms with Gasteiger partial charge in [-0.05, 0) is 24.6 Å². The molecule has 0 spiro atoms. The summed E-state index contributed by atoms with van der Waals surface area (Å²) in [6.07, 6.45) is -10.3. The van der Waals surface area contributed by atoms with Gasteiger partial charge in [-0.2, -0.15) is 26.3 Å². The molecule has 0 amide bonds. The van der Waals surface area contributed by atoms with Crippen LogP contribution in [-0.4, -0.2) is 12.6 Å². The zero-order chi connectivity index (χ0) is 20.2. The van der Waals surface area contributed by atoms with E-state index in [9.17, 15) is 31.1 Å². The van der Waals surface area contributed by atoms with Crippen molar-refractivity contribution in [3.63, 3.8) is 0 Å². The van der Waals surface area contributed by atoms with Gasteiger partial charge in [0.1, 0.15) is 17.9 Å². The minimum absolute atomic E-state index is 0.0803. The van der Waals surface area contributed by atoms with Crippen molar-refractivity contribution < 1.29 is 40.6 Å². The van der Waals surface area contributed by atoms with Gasteiger partial charge < -0.3 is 9.47 Å². The first-order chi connectivity index (χ1) is 12.5. The molecule has 0 fully saturated rings. The number of esters is 1. The van der Waals surface area contributed by atoms with E-state index in [2.05, 4.69) is 4.74 Å². The molecular formula is C18H14F6O3. The molecule has 0 N–H and O–H groups in total. The quantitative estimate of drug-likeness (QED) is 0.499. The van der Waals surface area contributed by atoms with E-state index in [0.29, 0.717) is 11.6 Å². The second-order valence-corrected chi connectivity index (χ2v) is 5.39. The number of halogens is 6. The van der Waals surface area contributed by atoms with Gasteiger partial charge in [0.25, 0.3) is 0 Å². The number of alkyl halides is 6. The molecule has 0 radical (unpaired) electrons. The van der Waals surface area contributed by atoms with Crippen molar-refractivity contribution in [2.45, 2.75) is 25.9 Å². The van der Waals surface area contributed by atoms with Crippen LogP contribution in [0.1, 0.15) is 34.0 Å². The molecule has 0 aliphatic rings. The SMILES string of the molecule is CCOC(=O)c1cc(C(F)(F)F)cc(C(F)(F)F)c1OCc1ccccc1. The lowest BCUT2D eigenvalue weighted by Gasteiger charge is -2.19. The molecule has 0 unspecified atom stereocenters. The Morgan fingerprint density at radius 3 is 2.11 bits per heavy atom. The third kappa shape index (κ3) is 5.15. The highest BCUT2D eigenvalue weighted by Crippen LogP contribution is 2.43. The molecule has 2 aromatic carbocycles. The third-order valence-corrected chi connectivity index (χ3v) is 3.44. The van der Waals surface area contributed by atoms with E-state index >= 15 is 0 Å². The van der Waals surface area contributed by atoms with E-state index in [-0.39, 0.29) is 19.3 Å². The van der Waals surface area contributed by atoms with Crippen LogP contribution in [0.15, 0.2) is 42.5 Å². The summed E-state index contributed by atoms with van der Waals surface area (Å²) in [5.74, 6) is -2.34. The fraction of sp³-hybridized carbons (Fsp3) is 0.278. The predicted molar refractivity (Wildman–Crippen MR) is 83.2 cm³/mol. The van der Waals surface area contributed by atoms with Crippen LogP contribution in [-0.2, 0) is 23.7 Å². The number of benzene rings is 2. The highest BCUT2D eigenvalue weighted by molar-refractivity contribution is 5.93. The fourth-order valence-corrected chi connectivity index (χ4v) is 2.25. The van der Waals surface area contributed by atoms with Crippen LogP contribution in [0.3, 0.4) is 0 Å². The van der Waals surface area contributed by atoms with Gasteiger partial charge in [-0.1, -0.05) is 30.3 Å². The Balaban J connectivity index is 2.60. The number of carbonyl (C=O) groups is 1. The zero-order valence-corrected chi connectivity index (χ0v) is 13.9. The van der Waals surface area contributed by atoms with Crippen molar-refractivity contribution in [2.75, 3.05) is 6.61 Å². The van der Waals surface area contributed by atoms with Gasteiger partial charge in [0, 0.05) is 0 Å². The predicted octanol–water partition coefficient (Wildman–Crippen LogP) is 5.48. The van der Waals surface area contributed by atoms with Crippen LogP contribution in [0.5, 0.6) is 5.75 Å². The fourth-order valence-electron chi connectivity index (χ4n) is 2.25. The second-order valence-electron chi connectivity index (χ2n) is 5.39. The van der Waals surface area contributed by atoms with E-state index in [1.807, 2.05) is 0 Å². The average molecular weight is 392 g/mol. The molecule has 0 aliphatic heterocycles. The van der Waals surface area contributed by atoms with Crippen molar-refractivity contribution in [1.29, 1.82) is 0 Å². The molecule has 2 aromatic rings. The topological polar surface area (TPSA) is 35.5 Å². The van der Waals surface area contributed by atoms with Gasteiger partial charge in [0.15, 0.2) is 0 Å². The summed E-state index contributed by atoms with van der Waals surface area (Å²) in [6.45, 7) is 0.775. The van der Waals surface area contributed by atoms with Crippen molar-refractivity contribution in [3.05, 3.63) is 64.7 Å². The molecule has 0 heterocycles. The number of ether oxygens (including phenoxy) is 2. The van der Waals surface area contributed by atoms with Crippen LogP contribution < -0.4 is 4.74 Å². The van der Waals surface area contributed by atoms with Gasteiger partial charge >= 0.3 is 18.3 Å². The van der Waals surface area contributed by atoms with E-state index in [1.165, 1.54) is 6.92 Å². The summed E-state index contributed by atoms with van der Waals surface area (Å²) in [6, 6.07) is 8.23. The van der Waals surface area contributed by atoms with Crippen LogP contribution in [0, 0.1) is 0 Å². The molecule has 2 rings (SSSR count). The molecule has 0 aliphatic carbocycles. The lowest BCUT2D eigenvalue weighted by Crippen LogP contribution is -2.18. The maximum absolute atomic E-state index is 13.4. The van der Waals surface area contributed by atoms with Crippen molar-refractivity contribution in [1.82, 2.24) is 0 Å². The molecule has 0 saturated heterocycles. The first-order valence-corrected chi connectivity index (χ1v) is 7.70. The Kier molecular flexibility index (Phi) is 6.02. The minimum Gasteiger partial charge on any atom is -0.487 e. The van der Waals surface area contributed by atoms with Crippen LogP contribution in [0.25, 0.3) is 0 Å². The smallest absolute Gasteiger partial charge is 0.420 e. The Labute approximate surface area is 150 Å². The van der Waals surface area contributed by atoms with Gasteiger partial charge in [-0.25, -0.2) is 4.79 Å². The second kappa shape index (κ2) is 7.89. The molecule has 0 saturated carbocycles. The Hall–Kier alpha value is -2.71. The maximum atomic E-state index is 13.4. The summed E-state index contributed by atoms with van der Waals surface area (Å²) in [4.78, 5) is 12.0. The van der Waals surface area contributed by atoms with Crippen molar-refractivity contribution in [2.24, 2.45) is 0 Å². The largest absolute Gasteiger partial charge is 0.487 e. The number of hydrogen-bond donors (Lipinski definition) is 0. The number of carbonyl (C=O) groups excluding carboxylic acids is 1. The number of hydrogen-bond acceptors (Lipinski definition) is 3. The first kappa shape index (κ1) is 20.6. The lowest BCUT2D eigenvalue weighted by molar-refractivity contribution is -0.144. The molecule has 0 aromatic heterocycles. The maximum Gasteiger partial charge on any atom is 0.420 e. The molecule has 27 heavy (non-hydrogen) atoms. The van der Waals surface area contributed by atoms with E-state index in [1.54, 1.807) is 30.3 Å². The molecule has 0 bridgehead atoms. The minimum atomic E-state index is -5.17.